The predicted molar refractivity (Wildman–Crippen MR) is 116 cm³/mol. The van der Waals surface area contributed by atoms with Gasteiger partial charge in [0, 0.05) is 18.3 Å². The average molecular weight is 406 g/mol. The molecular weight excluding hydrogens is 378 g/mol. The van der Waals surface area contributed by atoms with Crippen LogP contribution in [0, 0.1) is 19.8 Å². The van der Waals surface area contributed by atoms with Crippen LogP contribution in [-0.4, -0.2) is 35.9 Å². The number of rotatable bonds is 6. The first-order chi connectivity index (χ1) is 14.4. The lowest BCUT2D eigenvalue weighted by Gasteiger charge is -2.22. The number of aromatic amines is 2. The molecule has 0 radical (unpaired) electrons. The number of amides is 1. The molecule has 0 fully saturated rings. The monoisotopic (exact) mass is 405 g/mol. The van der Waals surface area contributed by atoms with Gasteiger partial charge in [-0.2, -0.15) is 10.2 Å². The number of fused-ring (bicyclic) bond motifs is 1. The first-order valence-electron chi connectivity index (χ1n) is 10.2. The Bertz CT molecular complexity index is 1170. The number of aryl methyl sites for hydroxylation is 2. The van der Waals surface area contributed by atoms with Gasteiger partial charge in [-0.1, -0.05) is 32.4 Å². The SMILES string of the molecule is CC[C@H](C)[C@H](NC(=O)c1cc(-c2c(C)nn(C)c2C)n[nH]1)c1nc2ccccc2[nH]1. The smallest absolute Gasteiger partial charge is 0.269 e. The maximum atomic E-state index is 13.0. The highest BCUT2D eigenvalue weighted by Gasteiger charge is 2.25. The highest BCUT2D eigenvalue weighted by Crippen LogP contribution is 2.27. The largest absolute Gasteiger partial charge is 0.340 e. The molecule has 0 bridgehead atoms. The van der Waals surface area contributed by atoms with Crippen molar-refractivity contribution in [1.82, 2.24) is 35.3 Å². The number of para-hydroxylation sites is 2. The normalized spacial score (nSPS) is 13.5. The lowest BCUT2D eigenvalue weighted by molar-refractivity contribution is 0.0915. The summed E-state index contributed by atoms with van der Waals surface area (Å²) in [6.45, 7) is 8.15. The summed E-state index contributed by atoms with van der Waals surface area (Å²) in [6.07, 6.45) is 0.907. The quantitative estimate of drug-likeness (QED) is 0.453. The molecule has 1 aromatic carbocycles. The number of imidazole rings is 1. The second kappa shape index (κ2) is 7.78. The summed E-state index contributed by atoms with van der Waals surface area (Å²) < 4.78 is 1.82. The van der Waals surface area contributed by atoms with Gasteiger partial charge in [0.15, 0.2) is 0 Å². The highest BCUT2D eigenvalue weighted by molar-refractivity contribution is 5.93. The zero-order valence-corrected chi connectivity index (χ0v) is 17.9. The Morgan fingerprint density at radius 3 is 2.70 bits per heavy atom. The van der Waals surface area contributed by atoms with Gasteiger partial charge >= 0.3 is 0 Å². The summed E-state index contributed by atoms with van der Waals surface area (Å²) in [5, 5.41) is 14.8. The Morgan fingerprint density at radius 1 is 1.27 bits per heavy atom. The number of hydrogen-bond donors (Lipinski definition) is 3. The highest BCUT2D eigenvalue weighted by atomic mass is 16.2. The van der Waals surface area contributed by atoms with Gasteiger partial charge < -0.3 is 10.3 Å². The van der Waals surface area contributed by atoms with E-state index < -0.39 is 0 Å². The number of carbonyl (C=O) groups is 1. The Hall–Kier alpha value is -3.42. The molecule has 0 aliphatic rings. The van der Waals surface area contributed by atoms with E-state index in [0.717, 1.165) is 40.2 Å². The van der Waals surface area contributed by atoms with E-state index in [-0.39, 0.29) is 17.9 Å². The van der Waals surface area contributed by atoms with Gasteiger partial charge in [-0.3, -0.25) is 14.6 Å². The van der Waals surface area contributed by atoms with Crippen LogP contribution in [0.4, 0.5) is 0 Å². The molecular formula is C22H27N7O. The molecule has 0 unspecified atom stereocenters. The van der Waals surface area contributed by atoms with Gasteiger partial charge in [0.05, 0.1) is 28.5 Å². The van der Waals surface area contributed by atoms with Gasteiger partial charge in [0.2, 0.25) is 0 Å². The Kier molecular flexibility index (Phi) is 5.15. The standard InChI is InChI=1S/C22H27N7O/c1-6-12(2)20(21-23-15-9-7-8-10-16(15)24-21)25-22(30)18-11-17(26-27-18)19-13(3)28-29(5)14(19)4/h7-12,20H,6H2,1-5H3,(H,23,24)(H,25,30)(H,26,27)/t12-,20-/m0/s1. The second-order valence-electron chi connectivity index (χ2n) is 7.81. The van der Waals surface area contributed by atoms with E-state index in [9.17, 15) is 4.79 Å². The van der Waals surface area contributed by atoms with Crippen molar-refractivity contribution < 1.29 is 4.79 Å². The van der Waals surface area contributed by atoms with E-state index >= 15 is 0 Å². The minimum atomic E-state index is -0.233. The molecule has 30 heavy (non-hydrogen) atoms. The van der Waals surface area contributed by atoms with E-state index in [0.29, 0.717) is 11.4 Å². The van der Waals surface area contributed by atoms with Crippen LogP contribution >= 0.6 is 0 Å². The fraction of sp³-hybridized carbons (Fsp3) is 0.364. The van der Waals surface area contributed by atoms with Crippen molar-refractivity contribution in [3.8, 4) is 11.3 Å². The van der Waals surface area contributed by atoms with Gasteiger partial charge in [0.1, 0.15) is 11.5 Å². The van der Waals surface area contributed by atoms with Crippen molar-refractivity contribution in [3.63, 3.8) is 0 Å². The second-order valence-corrected chi connectivity index (χ2v) is 7.81. The predicted octanol–water partition coefficient (Wildman–Crippen LogP) is 3.82. The van der Waals surface area contributed by atoms with Crippen molar-refractivity contribution >= 4 is 16.9 Å². The van der Waals surface area contributed by atoms with Crippen LogP contribution in [0.1, 0.15) is 54.0 Å². The molecule has 3 aromatic heterocycles. The lowest BCUT2D eigenvalue weighted by atomic mass is 9.98. The number of carbonyl (C=O) groups excluding carboxylic acids is 1. The van der Waals surface area contributed by atoms with Gasteiger partial charge in [-0.25, -0.2) is 4.98 Å². The first kappa shape index (κ1) is 19.9. The molecule has 156 valence electrons. The van der Waals surface area contributed by atoms with Crippen LogP contribution in [0.25, 0.3) is 22.3 Å². The molecule has 3 heterocycles. The van der Waals surface area contributed by atoms with Crippen LogP contribution in [0.5, 0.6) is 0 Å². The number of nitrogens with one attached hydrogen (secondary N) is 3. The molecule has 2 atom stereocenters. The third-order valence-corrected chi connectivity index (χ3v) is 5.79. The molecule has 0 spiro atoms. The van der Waals surface area contributed by atoms with E-state index in [1.54, 1.807) is 6.07 Å². The minimum absolute atomic E-state index is 0.208. The van der Waals surface area contributed by atoms with E-state index in [2.05, 4.69) is 39.4 Å². The van der Waals surface area contributed by atoms with Crippen molar-refractivity contribution in [3.05, 3.63) is 53.2 Å². The summed E-state index contributed by atoms with van der Waals surface area (Å²) in [7, 11) is 1.90. The Balaban J connectivity index is 1.61. The van der Waals surface area contributed by atoms with Gasteiger partial charge in [-0.15, -0.1) is 0 Å². The first-order valence-corrected chi connectivity index (χ1v) is 10.2. The fourth-order valence-electron chi connectivity index (χ4n) is 3.77. The van der Waals surface area contributed by atoms with Crippen molar-refractivity contribution in [2.45, 2.75) is 40.2 Å². The maximum Gasteiger partial charge on any atom is 0.269 e. The molecule has 0 saturated carbocycles. The van der Waals surface area contributed by atoms with Crippen LogP contribution in [0.3, 0.4) is 0 Å². The van der Waals surface area contributed by atoms with E-state index in [1.165, 1.54) is 0 Å². The summed E-state index contributed by atoms with van der Waals surface area (Å²) >= 11 is 0. The lowest BCUT2D eigenvalue weighted by Crippen LogP contribution is -2.33. The molecule has 3 N–H and O–H groups in total. The van der Waals surface area contributed by atoms with Crippen LogP contribution in [-0.2, 0) is 7.05 Å². The summed E-state index contributed by atoms with van der Waals surface area (Å²) in [6, 6.07) is 9.42. The number of aromatic nitrogens is 6. The summed E-state index contributed by atoms with van der Waals surface area (Å²) in [4.78, 5) is 21.1. The van der Waals surface area contributed by atoms with Crippen molar-refractivity contribution in [2.24, 2.45) is 13.0 Å². The Morgan fingerprint density at radius 2 is 2.03 bits per heavy atom. The average Bonchev–Trinajstić information content (AvgIpc) is 3.43. The molecule has 0 saturated heterocycles. The van der Waals surface area contributed by atoms with Crippen molar-refractivity contribution in [1.29, 1.82) is 0 Å². The fourth-order valence-corrected chi connectivity index (χ4v) is 3.77. The number of nitrogens with zero attached hydrogens (tertiary/aromatic N) is 4. The third kappa shape index (κ3) is 3.49. The molecule has 8 nitrogen and oxygen atoms in total. The Labute approximate surface area is 175 Å². The zero-order chi connectivity index (χ0) is 21.4. The molecule has 8 heteroatoms. The maximum absolute atomic E-state index is 13.0. The molecule has 4 rings (SSSR count). The topological polar surface area (TPSA) is 104 Å². The van der Waals surface area contributed by atoms with Crippen LogP contribution in [0.15, 0.2) is 30.3 Å². The molecule has 0 aliphatic carbocycles. The van der Waals surface area contributed by atoms with Crippen LogP contribution < -0.4 is 5.32 Å². The molecule has 1 amide bonds. The number of benzene rings is 1. The summed E-state index contributed by atoms with van der Waals surface area (Å²) in [5.41, 5.74) is 5.81. The van der Waals surface area contributed by atoms with Gasteiger partial charge in [-0.05, 0) is 38.0 Å². The minimum Gasteiger partial charge on any atom is -0.340 e. The molecule has 0 aliphatic heterocycles. The van der Waals surface area contributed by atoms with E-state index in [1.807, 2.05) is 49.8 Å². The van der Waals surface area contributed by atoms with E-state index in [4.69, 9.17) is 4.98 Å². The van der Waals surface area contributed by atoms with Gasteiger partial charge in [0.25, 0.3) is 5.91 Å². The third-order valence-electron chi connectivity index (χ3n) is 5.79. The van der Waals surface area contributed by atoms with Crippen LogP contribution in [0.2, 0.25) is 0 Å². The molecule has 4 aromatic rings. The zero-order valence-electron chi connectivity index (χ0n) is 17.9. The summed E-state index contributed by atoms with van der Waals surface area (Å²) in [5.74, 6) is 0.760. The van der Waals surface area contributed by atoms with Crippen molar-refractivity contribution in [2.75, 3.05) is 0 Å². The number of H-pyrrole nitrogens is 2. The number of hydrogen-bond acceptors (Lipinski definition) is 4.